The van der Waals surface area contributed by atoms with Gasteiger partial charge in [0, 0.05) is 17.0 Å². The third-order valence-electron chi connectivity index (χ3n) is 3.07. The number of methoxy groups -OCH3 is 1. The number of hydrogen-bond acceptors (Lipinski definition) is 4. The molecule has 0 saturated heterocycles. The molecule has 4 nitrogen and oxygen atoms in total. The van der Waals surface area contributed by atoms with Gasteiger partial charge in [0.2, 0.25) is 0 Å². The second kappa shape index (κ2) is 6.43. The molecule has 5 heteroatoms. The highest BCUT2D eigenvalue weighted by atomic mass is 32.1. The van der Waals surface area contributed by atoms with Crippen LogP contribution in [0.15, 0.2) is 35.7 Å². The van der Waals surface area contributed by atoms with E-state index in [1.165, 1.54) is 4.88 Å². The Kier molecular flexibility index (Phi) is 4.63. The quantitative estimate of drug-likeness (QED) is 0.861. The fourth-order valence-corrected chi connectivity index (χ4v) is 2.69. The van der Waals surface area contributed by atoms with Gasteiger partial charge in [0.15, 0.2) is 0 Å². The Bertz CT molecular complexity index is 582. The molecular formula is C15H18N2O2S. The Morgan fingerprint density at radius 2 is 2.20 bits per heavy atom. The van der Waals surface area contributed by atoms with Gasteiger partial charge in [-0.2, -0.15) is 0 Å². The van der Waals surface area contributed by atoms with Gasteiger partial charge >= 0.3 is 0 Å². The lowest BCUT2D eigenvalue weighted by atomic mass is 10.1. The van der Waals surface area contributed by atoms with E-state index in [-0.39, 0.29) is 5.91 Å². The summed E-state index contributed by atoms with van der Waals surface area (Å²) >= 11 is 1.65. The minimum absolute atomic E-state index is 0.0183. The van der Waals surface area contributed by atoms with Crippen LogP contribution in [0.4, 0.5) is 5.69 Å². The van der Waals surface area contributed by atoms with Crippen molar-refractivity contribution in [3.8, 4) is 5.75 Å². The third-order valence-corrected chi connectivity index (χ3v) is 3.93. The van der Waals surface area contributed by atoms with E-state index in [0.717, 1.165) is 0 Å². The average molecular weight is 290 g/mol. The number of nitrogens with zero attached hydrogens (tertiary/aromatic N) is 1. The highest BCUT2D eigenvalue weighted by Crippen LogP contribution is 2.23. The minimum Gasteiger partial charge on any atom is -0.495 e. The molecule has 2 aromatic rings. The summed E-state index contributed by atoms with van der Waals surface area (Å²) in [6.45, 7) is 3.25. The molecule has 0 atom stereocenters. The predicted molar refractivity (Wildman–Crippen MR) is 82.1 cm³/mol. The summed E-state index contributed by atoms with van der Waals surface area (Å²) in [7, 11) is 1.56. The van der Waals surface area contributed by atoms with Crippen molar-refractivity contribution in [3.63, 3.8) is 0 Å². The zero-order valence-electron chi connectivity index (χ0n) is 11.6. The molecule has 2 N–H and O–H groups in total. The molecule has 0 aliphatic rings. The standard InChI is InChI=1S/C15H18N2O2S/c1-3-17(10-12-5-4-8-20-12)15(18)11-6-7-14(19-2)13(16)9-11/h4-9H,3,10,16H2,1-2H3. The smallest absolute Gasteiger partial charge is 0.254 e. The molecular weight excluding hydrogens is 272 g/mol. The summed E-state index contributed by atoms with van der Waals surface area (Å²) in [5, 5.41) is 2.01. The number of nitrogens with two attached hydrogens (primary N) is 1. The van der Waals surface area contributed by atoms with Crippen molar-refractivity contribution < 1.29 is 9.53 Å². The molecule has 0 aliphatic carbocycles. The van der Waals surface area contributed by atoms with E-state index in [0.29, 0.717) is 30.1 Å². The number of hydrogen-bond donors (Lipinski definition) is 1. The molecule has 0 spiro atoms. The van der Waals surface area contributed by atoms with E-state index in [9.17, 15) is 4.79 Å². The first-order valence-electron chi connectivity index (χ1n) is 6.41. The molecule has 1 aromatic heterocycles. The first-order chi connectivity index (χ1) is 9.65. The van der Waals surface area contributed by atoms with Crippen molar-refractivity contribution in [2.45, 2.75) is 13.5 Å². The molecule has 0 fully saturated rings. The Balaban J connectivity index is 2.17. The van der Waals surface area contributed by atoms with E-state index in [1.54, 1.807) is 41.5 Å². The Labute approximate surface area is 122 Å². The van der Waals surface area contributed by atoms with Gasteiger partial charge < -0.3 is 15.4 Å². The van der Waals surface area contributed by atoms with Crippen molar-refractivity contribution in [3.05, 3.63) is 46.2 Å². The van der Waals surface area contributed by atoms with Gasteiger partial charge in [-0.15, -0.1) is 11.3 Å². The van der Waals surface area contributed by atoms with Crippen molar-refractivity contribution in [1.82, 2.24) is 4.90 Å². The molecule has 0 bridgehead atoms. The lowest BCUT2D eigenvalue weighted by Crippen LogP contribution is -2.30. The van der Waals surface area contributed by atoms with Gasteiger partial charge in [-0.1, -0.05) is 6.07 Å². The zero-order chi connectivity index (χ0) is 14.5. The molecule has 20 heavy (non-hydrogen) atoms. The van der Waals surface area contributed by atoms with Gasteiger partial charge in [0.05, 0.1) is 19.3 Å². The fourth-order valence-electron chi connectivity index (χ4n) is 1.97. The lowest BCUT2D eigenvalue weighted by molar-refractivity contribution is 0.0754. The lowest BCUT2D eigenvalue weighted by Gasteiger charge is -2.20. The number of amides is 1. The van der Waals surface area contributed by atoms with Crippen LogP contribution in [0.3, 0.4) is 0 Å². The van der Waals surface area contributed by atoms with Crippen molar-refractivity contribution in [1.29, 1.82) is 0 Å². The molecule has 0 saturated carbocycles. The highest BCUT2D eigenvalue weighted by Gasteiger charge is 2.16. The summed E-state index contributed by atoms with van der Waals surface area (Å²) in [6.07, 6.45) is 0. The number of carbonyl (C=O) groups is 1. The number of nitrogen functional groups attached to an aromatic ring is 1. The van der Waals surface area contributed by atoms with Gasteiger partial charge in [-0.3, -0.25) is 4.79 Å². The summed E-state index contributed by atoms with van der Waals surface area (Å²) in [6, 6.07) is 9.15. The van der Waals surface area contributed by atoms with Gasteiger partial charge in [-0.05, 0) is 36.6 Å². The molecule has 1 amide bonds. The number of carbonyl (C=O) groups excluding carboxylic acids is 1. The Morgan fingerprint density at radius 1 is 1.40 bits per heavy atom. The molecule has 0 radical (unpaired) electrons. The number of anilines is 1. The molecule has 1 aromatic carbocycles. The van der Waals surface area contributed by atoms with Gasteiger partial charge in [-0.25, -0.2) is 0 Å². The van der Waals surface area contributed by atoms with Crippen molar-refractivity contribution in [2.24, 2.45) is 0 Å². The number of rotatable bonds is 5. The molecule has 0 aliphatic heterocycles. The summed E-state index contributed by atoms with van der Waals surface area (Å²) in [4.78, 5) is 15.5. The summed E-state index contributed by atoms with van der Waals surface area (Å²) < 4.78 is 5.10. The normalized spacial score (nSPS) is 10.3. The Morgan fingerprint density at radius 3 is 2.75 bits per heavy atom. The van der Waals surface area contributed by atoms with E-state index in [2.05, 4.69) is 0 Å². The van der Waals surface area contributed by atoms with Crippen LogP contribution in [0.2, 0.25) is 0 Å². The van der Waals surface area contributed by atoms with Crippen LogP contribution in [0.25, 0.3) is 0 Å². The average Bonchev–Trinajstić information content (AvgIpc) is 2.97. The Hall–Kier alpha value is -2.01. The fraction of sp³-hybridized carbons (Fsp3) is 0.267. The molecule has 0 unspecified atom stereocenters. The van der Waals surface area contributed by atoms with Crippen LogP contribution >= 0.6 is 11.3 Å². The maximum Gasteiger partial charge on any atom is 0.254 e. The topological polar surface area (TPSA) is 55.6 Å². The molecule has 106 valence electrons. The van der Waals surface area contributed by atoms with Crippen LogP contribution in [0, 0.1) is 0 Å². The minimum atomic E-state index is -0.0183. The van der Waals surface area contributed by atoms with Crippen LogP contribution < -0.4 is 10.5 Å². The van der Waals surface area contributed by atoms with Crippen LogP contribution in [-0.2, 0) is 6.54 Å². The maximum atomic E-state index is 12.5. The maximum absolute atomic E-state index is 12.5. The molecule has 1 heterocycles. The van der Waals surface area contributed by atoms with E-state index in [1.807, 2.05) is 24.4 Å². The highest BCUT2D eigenvalue weighted by molar-refractivity contribution is 7.09. The monoisotopic (exact) mass is 290 g/mol. The second-order valence-electron chi connectivity index (χ2n) is 4.36. The van der Waals surface area contributed by atoms with Crippen LogP contribution in [-0.4, -0.2) is 24.5 Å². The van der Waals surface area contributed by atoms with Gasteiger partial charge in [0.25, 0.3) is 5.91 Å². The SMILES string of the molecule is CCN(Cc1cccs1)C(=O)c1ccc(OC)c(N)c1. The molecule has 2 rings (SSSR count). The van der Waals surface area contributed by atoms with Gasteiger partial charge in [0.1, 0.15) is 5.75 Å². The van der Waals surface area contributed by atoms with Crippen LogP contribution in [0.1, 0.15) is 22.2 Å². The number of benzene rings is 1. The third kappa shape index (κ3) is 3.11. The summed E-state index contributed by atoms with van der Waals surface area (Å²) in [5.74, 6) is 0.568. The second-order valence-corrected chi connectivity index (χ2v) is 5.39. The predicted octanol–water partition coefficient (Wildman–Crippen LogP) is 3.00. The largest absolute Gasteiger partial charge is 0.495 e. The number of thiophene rings is 1. The van der Waals surface area contributed by atoms with E-state index >= 15 is 0 Å². The first kappa shape index (κ1) is 14.4. The van der Waals surface area contributed by atoms with Crippen LogP contribution in [0.5, 0.6) is 5.75 Å². The number of ether oxygens (including phenoxy) is 1. The first-order valence-corrected chi connectivity index (χ1v) is 7.28. The van der Waals surface area contributed by atoms with E-state index < -0.39 is 0 Å². The van der Waals surface area contributed by atoms with Crippen molar-refractivity contribution in [2.75, 3.05) is 19.4 Å². The summed E-state index contributed by atoms with van der Waals surface area (Å²) in [5.41, 5.74) is 6.92. The zero-order valence-corrected chi connectivity index (χ0v) is 12.4. The van der Waals surface area contributed by atoms with Crippen molar-refractivity contribution >= 4 is 22.9 Å². The van der Waals surface area contributed by atoms with E-state index in [4.69, 9.17) is 10.5 Å².